The van der Waals surface area contributed by atoms with E-state index in [0.717, 1.165) is 46.6 Å². The summed E-state index contributed by atoms with van der Waals surface area (Å²) in [5.41, 5.74) is 7.21. The number of benzene rings is 3. The molecule has 3 aromatic rings. The van der Waals surface area contributed by atoms with Crippen LogP contribution >= 0.6 is 0 Å². The van der Waals surface area contributed by atoms with Gasteiger partial charge in [0.05, 0.1) is 11.6 Å². The minimum atomic E-state index is -0.738. The highest BCUT2D eigenvalue weighted by molar-refractivity contribution is 6.51. The number of aliphatic hydroxyl groups is 1. The van der Waals surface area contributed by atoms with E-state index < -0.39 is 17.7 Å². The van der Waals surface area contributed by atoms with E-state index >= 15 is 0 Å². The molecule has 5 nitrogen and oxygen atoms in total. The number of aryl methyl sites for hydroxylation is 3. The van der Waals surface area contributed by atoms with Crippen LogP contribution in [0, 0.1) is 27.7 Å². The predicted octanol–water partition coefficient (Wildman–Crippen LogP) is 6.39. The molecule has 186 valence electrons. The van der Waals surface area contributed by atoms with Crippen molar-refractivity contribution >= 4 is 28.8 Å². The molecule has 1 atom stereocenters. The largest absolute Gasteiger partial charge is 0.507 e. The first-order valence-corrected chi connectivity index (χ1v) is 12.5. The number of carbonyl (C=O) groups excluding carboxylic acids is 2. The third-order valence-electron chi connectivity index (χ3n) is 7.40. The van der Waals surface area contributed by atoms with E-state index in [4.69, 9.17) is 0 Å². The molecule has 1 fully saturated rings. The van der Waals surface area contributed by atoms with Gasteiger partial charge in [-0.3, -0.25) is 14.5 Å². The zero-order chi connectivity index (χ0) is 26.1. The number of Topliss-reactive ketones (excluding diaryl/α,β-unsaturated/α-hetero) is 1. The maximum atomic E-state index is 13.5. The number of hydrogen-bond donors (Lipinski definition) is 1. The quantitative estimate of drug-likeness (QED) is 0.251. The van der Waals surface area contributed by atoms with Crippen LogP contribution in [0.4, 0.5) is 11.4 Å². The molecule has 0 aliphatic carbocycles. The van der Waals surface area contributed by atoms with Gasteiger partial charge in [-0.15, -0.1) is 0 Å². The van der Waals surface area contributed by atoms with Gasteiger partial charge in [-0.05, 0) is 93.6 Å². The van der Waals surface area contributed by atoms with Crippen molar-refractivity contribution in [2.24, 2.45) is 0 Å². The van der Waals surface area contributed by atoms with Gasteiger partial charge in [0.15, 0.2) is 0 Å². The van der Waals surface area contributed by atoms with Crippen molar-refractivity contribution in [2.45, 2.75) is 47.6 Å². The van der Waals surface area contributed by atoms with E-state index in [1.54, 1.807) is 11.0 Å². The Morgan fingerprint density at radius 1 is 0.861 bits per heavy atom. The number of carbonyl (C=O) groups is 2. The first-order valence-electron chi connectivity index (χ1n) is 12.5. The van der Waals surface area contributed by atoms with Crippen LogP contribution in [0.5, 0.6) is 0 Å². The fourth-order valence-electron chi connectivity index (χ4n) is 4.89. The van der Waals surface area contributed by atoms with Gasteiger partial charge in [-0.25, -0.2) is 0 Å². The SMILES string of the molecule is CCN(CC)c1ccc(C2/C(=C(\O)c3ccc(C)c(C)c3)C(=O)C(=O)N2c2cccc(C)c2C)cc1. The standard InChI is InChI=1S/C31H34N2O3/c1-7-32(8-2)25-16-14-23(15-17-25)28-27(29(34)24-13-12-19(3)21(5)18-24)30(35)31(36)33(28)26-11-9-10-20(4)22(26)6/h9-18,28,34H,7-8H2,1-6H3/b29-27+. The highest BCUT2D eigenvalue weighted by Gasteiger charge is 2.47. The van der Waals surface area contributed by atoms with Crippen molar-refractivity contribution in [1.82, 2.24) is 0 Å². The van der Waals surface area contributed by atoms with Gasteiger partial charge in [0.2, 0.25) is 0 Å². The molecule has 0 aromatic heterocycles. The molecule has 0 saturated carbocycles. The average Bonchev–Trinajstić information content (AvgIpc) is 3.13. The third kappa shape index (κ3) is 4.30. The Labute approximate surface area is 213 Å². The van der Waals surface area contributed by atoms with Crippen LogP contribution in [-0.2, 0) is 9.59 Å². The second-order valence-corrected chi connectivity index (χ2v) is 9.45. The van der Waals surface area contributed by atoms with Crippen LogP contribution < -0.4 is 9.80 Å². The van der Waals surface area contributed by atoms with Crippen molar-refractivity contribution < 1.29 is 14.7 Å². The Hall–Kier alpha value is -3.86. The number of aliphatic hydroxyl groups excluding tert-OH is 1. The van der Waals surface area contributed by atoms with Crippen molar-refractivity contribution in [2.75, 3.05) is 22.9 Å². The molecule has 0 bridgehead atoms. The van der Waals surface area contributed by atoms with E-state index in [0.29, 0.717) is 11.3 Å². The molecule has 1 aliphatic rings. The maximum Gasteiger partial charge on any atom is 0.300 e. The third-order valence-corrected chi connectivity index (χ3v) is 7.40. The minimum Gasteiger partial charge on any atom is -0.507 e. The van der Waals surface area contributed by atoms with E-state index in [1.165, 1.54) is 0 Å². The zero-order valence-electron chi connectivity index (χ0n) is 21.9. The minimum absolute atomic E-state index is 0.111. The molecule has 1 aliphatic heterocycles. The Bertz CT molecular complexity index is 1350. The van der Waals surface area contributed by atoms with E-state index in [2.05, 4.69) is 18.7 Å². The molecule has 5 heteroatoms. The summed E-state index contributed by atoms with van der Waals surface area (Å²) < 4.78 is 0. The van der Waals surface area contributed by atoms with Crippen LogP contribution in [0.1, 0.15) is 53.3 Å². The first-order chi connectivity index (χ1) is 17.2. The molecular weight excluding hydrogens is 448 g/mol. The lowest BCUT2D eigenvalue weighted by Crippen LogP contribution is -2.30. The molecule has 1 amide bonds. The molecule has 1 saturated heterocycles. The van der Waals surface area contributed by atoms with Crippen LogP contribution in [-0.4, -0.2) is 29.9 Å². The topological polar surface area (TPSA) is 60.9 Å². The summed E-state index contributed by atoms with van der Waals surface area (Å²) in [5.74, 6) is -1.46. The lowest BCUT2D eigenvalue weighted by Gasteiger charge is -2.28. The molecule has 1 unspecified atom stereocenters. The molecule has 1 heterocycles. The molecule has 0 radical (unpaired) electrons. The van der Waals surface area contributed by atoms with Gasteiger partial charge in [0.25, 0.3) is 11.7 Å². The van der Waals surface area contributed by atoms with Gasteiger partial charge in [0, 0.05) is 30.0 Å². The predicted molar refractivity (Wildman–Crippen MR) is 147 cm³/mol. The molecule has 1 N–H and O–H groups in total. The summed E-state index contributed by atoms with van der Waals surface area (Å²) >= 11 is 0. The van der Waals surface area contributed by atoms with Crippen molar-refractivity contribution in [1.29, 1.82) is 0 Å². The molecule has 0 spiro atoms. The van der Waals surface area contributed by atoms with E-state index in [-0.39, 0.29) is 11.3 Å². The van der Waals surface area contributed by atoms with Crippen LogP contribution in [0.25, 0.3) is 5.76 Å². The smallest absolute Gasteiger partial charge is 0.300 e. The highest BCUT2D eigenvalue weighted by Crippen LogP contribution is 2.43. The lowest BCUT2D eigenvalue weighted by atomic mass is 9.93. The molecule has 3 aromatic carbocycles. The number of ketones is 1. The number of hydrogen-bond acceptors (Lipinski definition) is 4. The molecule has 36 heavy (non-hydrogen) atoms. The monoisotopic (exact) mass is 482 g/mol. The molecular formula is C31H34N2O3. The molecule has 4 rings (SSSR count). The van der Waals surface area contributed by atoms with Crippen molar-refractivity contribution in [3.05, 3.63) is 99.6 Å². The summed E-state index contributed by atoms with van der Waals surface area (Å²) in [6.45, 7) is 13.9. The van der Waals surface area contributed by atoms with E-state index in [9.17, 15) is 14.7 Å². The second kappa shape index (κ2) is 10.0. The second-order valence-electron chi connectivity index (χ2n) is 9.45. The number of nitrogens with zero attached hydrogens (tertiary/aromatic N) is 2. The Morgan fingerprint density at radius 3 is 2.14 bits per heavy atom. The van der Waals surface area contributed by atoms with Crippen LogP contribution in [0.2, 0.25) is 0 Å². The van der Waals surface area contributed by atoms with Crippen LogP contribution in [0.15, 0.2) is 66.2 Å². The van der Waals surface area contributed by atoms with Gasteiger partial charge in [-0.2, -0.15) is 0 Å². The number of amides is 1. The number of rotatable bonds is 6. The highest BCUT2D eigenvalue weighted by atomic mass is 16.3. The van der Waals surface area contributed by atoms with Gasteiger partial charge >= 0.3 is 0 Å². The zero-order valence-corrected chi connectivity index (χ0v) is 21.9. The first kappa shape index (κ1) is 25.2. The summed E-state index contributed by atoms with van der Waals surface area (Å²) in [5, 5.41) is 11.4. The van der Waals surface area contributed by atoms with Crippen molar-refractivity contribution in [3.8, 4) is 0 Å². The van der Waals surface area contributed by atoms with E-state index in [1.807, 2.05) is 82.3 Å². The average molecular weight is 483 g/mol. The summed E-state index contributed by atoms with van der Waals surface area (Å²) in [7, 11) is 0. The van der Waals surface area contributed by atoms with Gasteiger partial charge in [-0.1, -0.05) is 36.4 Å². The number of anilines is 2. The fraction of sp³-hybridized carbons (Fsp3) is 0.290. The normalized spacial score (nSPS) is 17.1. The fourth-order valence-corrected chi connectivity index (χ4v) is 4.89. The summed E-state index contributed by atoms with van der Waals surface area (Å²) in [4.78, 5) is 30.8. The Balaban J connectivity index is 1.94. The van der Waals surface area contributed by atoms with Gasteiger partial charge in [0.1, 0.15) is 5.76 Å². The van der Waals surface area contributed by atoms with Crippen molar-refractivity contribution in [3.63, 3.8) is 0 Å². The summed E-state index contributed by atoms with van der Waals surface area (Å²) in [6, 6.07) is 18.5. The Morgan fingerprint density at radius 2 is 1.53 bits per heavy atom. The Kier molecular flexibility index (Phi) is 7.02. The lowest BCUT2D eigenvalue weighted by molar-refractivity contribution is -0.132. The maximum absolute atomic E-state index is 13.5. The summed E-state index contributed by atoms with van der Waals surface area (Å²) in [6.07, 6.45) is 0. The van der Waals surface area contributed by atoms with Gasteiger partial charge < -0.3 is 10.0 Å². The van der Waals surface area contributed by atoms with Crippen LogP contribution in [0.3, 0.4) is 0 Å².